The lowest BCUT2D eigenvalue weighted by Crippen LogP contribution is -2.67. The first kappa shape index (κ1) is 26.9. The molecule has 7 rings (SSSR count). The van der Waals surface area contributed by atoms with Crippen molar-refractivity contribution in [1.29, 1.82) is 0 Å². The molecule has 0 saturated heterocycles. The SMILES string of the molecule is CC(C)[C@@H]1CC[C@]2(C(=O)O)CC[C@]3(C)[C@H](CC[C@@H]4[C@@]5(C)Cc6nc7ccccc7nc6C(C)(C)[C@@H]5CC[C@]43C)[C@@H]12. The summed E-state index contributed by atoms with van der Waals surface area (Å²) in [5.74, 6) is 2.64. The van der Waals surface area contributed by atoms with E-state index < -0.39 is 11.4 Å². The van der Waals surface area contributed by atoms with Crippen LogP contribution >= 0.6 is 0 Å². The maximum absolute atomic E-state index is 13.0. The van der Waals surface area contributed by atoms with Crippen molar-refractivity contribution in [2.75, 3.05) is 0 Å². The van der Waals surface area contributed by atoms with Crippen LogP contribution in [-0.4, -0.2) is 21.0 Å². The molecule has 4 fully saturated rings. The maximum Gasteiger partial charge on any atom is 0.309 e. The Balaban J connectivity index is 1.32. The molecule has 4 saturated carbocycles. The van der Waals surface area contributed by atoms with E-state index in [0.717, 1.165) is 43.1 Å². The molecule has 216 valence electrons. The number of carboxylic acid groups (broad SMARTS) is 1. The number of carboxylic acids is 1. The molecule has 0 amide bonds. The summed E-state index contributed by atoms with van der Waals surface area (Å²) in [4.78, 5) is 23.5. The van der Waals surface area contributed by atoms with Crippen LogP contribution in [0.25, 0.3) is 11.0 Å². The van der Waals surface area contributed by atoms with Crippen LogP contribution in [0.5, 0.6) is 0 Å². The Kier molecular flexibility index (Phi) is 5.59. The predicted molar refractivity (Wildman–Crippen MR) is 160 cm³/mol. The van der Waals surface area contributed by atoms with Gasteiger partial charge in [0.15, 0.2) is 0 Å². The van der Waals surface area contributed by atoms with Gasteiger partial charge in [0, 0.05) is 5.41 Å². The topological polar surface area (TPSA) is 63.1 Å². The second kappa shape index (κ2) is 8.32. The first-order chi connectivity index (χ1) is 18.8. The normalized spacial score (nSPS) is 45.2. The number of hydrogen-bond donors (Lipinski definition) is 1. The highest BCUT2D eigenvalue weighted by atomic mass is 16.4. The van der Waals surface area contributed by atoms with E-state index in [0.29, 0.717) is 35.5 Å². The number of rotatable bonds is 2. The molecule has 0 unspecified atom stereocenters. The van der Waals surface area contributed by atoms with Crippen LogP contribution in [0.3, 0.4) is 0 Å². The van der Waals surface area contributed by atoms with Crippen LogP contribution in [0.15, 0.2) is 24.3 Å². The highest BCUT2D eigenvalue weighted by Gasteiger charge is 2.72. The molecular formula is C36H50N2O2. The van der Waals surface area contributed by atoms with Crippen molar-refractivity contribution in [3.63, 3.8) is 0 Å². The summed E-state index contributed by atoms with van der Waals surface area (Å²) < 4.78 is 0. The second-order valence-electron chi connectivity index (χ2n) is 16.5. The average Bonchev–Trinajstić information content (AvgIpc) is 3.30. The lowest BCUT2D eigenvalue weighted by Gasteiger charge is -2.72. The van der Waals surface area contributed by atoms with Crippen molar-refractivity contribution in [3.05, 3.63) is 35.7 Å². The van der Waals surface area contributed by atoms with Gasteiger partial charge in [0.25, 0.3) is 0 Å². The largest absolute Gasteiger partial charge is 0.481 e. The molecule has 0 aliphatic heterocycles. The first-order valence-corrected chi connectivity index (χ1v) is 16.3. The number of fused-ring (bicyclic) bond motifs is 9. The molecule has 0 bridgehead atoms. The van der Waals surface area contributed by atoms with E-state index in [1.54, 1.807) is 0 Å². The summed E-state index contributed by atoms with van der Waals surface area (Å²) >= 11 is 0. The number of carbonyl (C=O) groups is 1. The molecule has 1 N–H and O–H groups in total. The van der Waals surface area contributed by atoms with Crippen LogP contribution in [0.2, 0.25) is 0 Å². The fourth-order valence-corrected chi connectivity index (χ4v) is 12.8. The summed E-state index contributed by atoms with van der Waals surface area (Å²) in [5.41, 5.74) is 4.55. The van der Waals surface area contributed by atoms with Gasteiger partial charge in [-0.2, -0.15) is 0 Å². The van der Waals surface area contributed by atoms with E-state index in [4.69, 9.17) is 9.97 Å². The third kappa shape index (κ3) is 3.12. The van der Waals surface area contributed by atoms with Gasteiger partial charge in [-0.3, -0.25) is 4.79 Å². The summed E-state index contributed by atoms with van der Waals surface area (Å²) in [6.45, 7) is 17.5. The zero-order valence-corrected chi connectivity index (χ0v) is 25.9. The third-order valence-electron chi connectivity index (χ3n) is 14.7. The van der Waals surface area contributed by atoms with Gasteiger partial charge in [-0.05, 0) is 122 Å². The summed E-state index contributed by atoms with van der Waals surface area (Å²) in [7, 11) is 0. The summed E-state index contributed by atoms with van der Waals surface area (Å²) in [6, 6.07) is 8.38. The molecule has 4 nitrogen and oxygen atoms in total. The molecule has 5 aliphatic carbocycles. The van der Waals surface area contributed by atoms with Crippen molar-refractivity contribution in [3.8, 4) is 0 Å². The van der Waals surface area contributed by atoms with Gasteiger partial charge >= 0.3 is 5.97 Å². The van der Waals surface area contributed by atoms with Crippen LogP contribution in [0.1, 0.15) is 111 Å². The predicted octanol–water partition coefficient (Wildman–Crippen LogP) is 8.47. The fourth-order valence-electron chi connectivity index (χ4n) is 12.8. The van der Waals surface area contributed by atoms with Crippen molar-refractivity contribution < 1.29 is 9.90 Å². The number of hydrogen-bond acceptors (Lipinski definition) is 3. The molecule has 4 heteroatoms. The molecular weight excluding hydrogens is 492 g/mol. The molecule has 5 aliphatic rings. The standard InChI is InChI=1S/C36H50N2O2/c1-21(2)22-14-17-36(31(39)40)19-18-34(6)23(29(22)36)12-13-28-33(5)20-26-30(38-25-11-9-8-10-24(25)37-26)32(3,4)27(33)15-16-35(28,34)7/h8-11,21-23,27-29H,12-20H2,1-7H3,(H,39,40)/t22-,23+,27-,28+,29+,33-,34+,35+,36-/m0/s1. The van der Waals surface area contributed by atoms with Crippen molar-refractivity contribution in [1.82, 2.24) is 9.97 Å². The van der Waals surface area contributed by atoms with Gasteiger partial charge < -0.3 is 5.11 Å². The number of aliphatic carboxylic acids is 1. The summed E-state index contributed by atoms with van der Waals surface area (Å²) in [5, 5.41) is 10.7. The lowest BCUT2D eigenvalue weighted by atomic mass is 9.32. The molecule has 1 aromatic carbocycles. The molecule has 40 heavy (non-hydrogen) atoms. The molecule has 9 atom stereocenters. The van der Waals surface area contributed by atoms with Crippen molar-refractivity contribution in [2.24, 2.45) is 57.2 Å². The van der Waals surface area contributed by atoms with E-state index in [-0.39, 0.29) is 21.7 Å². The minimum atomic E-state index is -0.498. The Hall–Kier alpha value is -1.97. The zero-order valence-electron chi connectivity index (χ0n) is 25.9. The monoisotopic (exact) mass is 542 g/mol. The highest BCUT2D eigenvalue weighted by Crippen LogP contribution is 2.77. The molecule has 0 spiro atoms. The molecule has 1 aromatic heterocycles. The zero-order chi connectivity index (χ0) is 28.5. The number of aromatic nitrogens is 2. The Morgan fingerprint density at radius 2 is 1.55 bits per heavy atom. The maximum atomic E-state index is 13.0. The van der Waals surface area contributed by atoms with Crippen LogP contribution in [-0.2, 0) is 16.6 Å². The van der Waals surface area contributed by atoms with E-state index in [1.807, 2.05) is 0 Å². The van der Waals surface area contributed by atoms with Crippen LogP contribution in [0.4, 0.5) is 0 Å². The van der Waals surface area contributed by atoms with E-state index in [2.05, 4.69) is 72.7 Å². The highest BCUT2D eigenvalue weighted by molar-refractivity contribution is 5.76. The van der Waals surface area contributed by atoms with E-state index >= 15 is 0 Å². The molecule has 0 radical (unpaired) electrons. The Morgan fingerprint density at radius 3 is 2.23 bits per heavy atom. The molecule has 2 aromatic rings. The van der Waals surface area contributed by atoms with Gasteiger partial charge in [-0.15, -0.1) is 0 Å². The van der Waals surface area contributed by atoms with Crippen LogP contribution < -0.4 is 0 Å². The minimum Gasteiger partial charge on any atom is -0.481 e. The Labute approximate surface area is 241 Å². The first-order valence-electron chi connectivity index (χ1n) is 16.3. The van der Waals surface area contributed by atoms with Gasteiger partial charge in [-0.1, -0.05) is 60.6 Å². The van der Waals surface area contributed by atoms with Crippen LogP contribution in [0, 0.1) is 57.2 Å². The van der Waals surface area contributed by atoms with Gasteiger partial charge in [0.1, 0.15) is 0 Å². The second-order valence-corrected chi connectivity index (χ2v) is 16.5. The lowest BCUT2D eigenvalue weighted by molar-refractivity contribution is -0.230. The van der Waals surface area contributed by atoms with Gasteiger partial charge in [0.05, 0.1) is 27.8 Å². The fraction of sp³-hybridized carbons (Fsp3) is 0.750. The number of nitrogens with zero attached hydrogens (tertiary/aromatic N) is 2. The minimum absolute atomic E-state index is 0.0162. The van der Waals surface area contributed by atoms with Crippen molar-refractivity contribution >= 4 is 17.0 Å². The van der Waals surface area contributed by atoms with Gasteiger partial charge in [-0.25, -0.2) is 9.97 Å². The van der Waals surface area contributed by atoms with Gasteiger partial charge in [0.2, 0.25) is 0 Å². The summed E-state index contributed by atoms with van der Waals surface area (Å²) in [6.07, 6.45) is 9.86. The van der Waals surface area contributed by atoms with E-state index in [9.17, 15) is 9.90 Å². The Bertz CT molecular complexity index is 1380. The quantitative estimate of drug-likeness (QED) is 0.413. The number of benzene rings is 1. The van der Waals surface area contributed by atoms with E-state index in [1.165, 1.54) is 37.1 Å². The molecule has 1 heterocycles. The number of para-hydroxylation sites is 2. The smallest absolute Gasteiger partial charge is 0.309 e. The average molecular weight is 543 g/mol. The Morgan fingerprint density at radius 1 is 0.850 bits per heavy atom. The van der Waals surface area contributed by atoms with Crippen molar-refractivity contribution in [2.45, 2.75) is 112 Å². The third-order valence-corrected chi connectivity index (χ3v) is 14.7.